The lowest BCUT2D eigenvalue weighted by molar-refractivity contribution is 0.197. The zero-order chi connectivity index (χ0) is 16.2. The van der Waals surface area contributed by atoms with E-state index in [4.69, 9.17) is 9.47 Å². The Kier molecular flexibility index (Phi) is 12.8. The first-order valence-corrected chi connectivity index (χ1v) is 7.85. The Hall–Kier alpha value is -1.02. The lowest BCUT2D eigenvalue weighted by atomic mass is 10.1. The predicted octanol–water partition coefficient (Wildman–Crippen LogP) is 2.76. The van der Waals surface area contributed by atoms with Crippen LogP contribution in [0, 0.1) is 6.92 Å². The van der Waals surface area contributed by atoms with E-state index in [9.17, 15) is 0 Å². The highest BCUT2D eigenvalue weighted by atomic mass is 127. The van der Waals surface area contributed by atoms with Gasteiger partial charge in [0.05, 0.1) is 7.11 Å². The van der Waals surface area contributed by atoms with Crippen LogP contribution >= 0.6 is 24.0 Å². The third kappa shape index (κ3) is 9.00. The van der Waals surface area contributed by atoms with E-state index in [2.05, 4.69) is 47.7 Å². The van der Waals surface area contributed by atoms with Crippen molar-refractivity contribution in [2.45, 2.75) is 26.7 Å². The van der Waals surface area contributed by atoms with Crippen molar-refractivity contribution in [3.63, 3.8) is 0 Å². The normalized spacial score (nSPS) is 10.9. The minimum atomic E-state index is 0. The smallest absolute Gasteiger partial charge is 0.191 e. The summed E-state index contributed by atoms with van der Waals surface area (Å²) in [5.74, 6) is 1.80. The second kappa shape index (κ2) is 13.4. The third-order valence-electron chi connectivity index (χ3n) is 3.30. The molecule has 0 aromatic heterocycles. The highest BCUT2D eigenvalue weighted by Crippen LogP contribution is 2.18. The van der Waals surface area contributed by atoms with Crippen LogP contribution in [0.2, 0.25) is 0 Å². The number of nitrogens with zero attached hydrogens (tertiary/aromatic N) is 1. The highest BCUT2D eigenvalue weighted by molar-refractivity contribution is 14.0. The average molecular weight is 435 g/mol. The predicted molar refractivity (Wildman–Crippen MR) is 107 cm³/mol. The second-order valence-electron chi connectivity index (χ2n) is 5.09. The molecule has 1 rings (SSSR count). The quantitative estimate of drug-likeness (QED) is 0.271. The second-order valence-corrected chi connectivity index (χ2v) is 5.09. The van der Waals surface area contributed by atoms with Crippen LogP contribution in [-0.2, 0) is 11.2 Å². The largest absolute Gasteiger partial charge is 0.496 e. The Morgan fingerprint density at radius 3 is 2.65 bits per heavy atom. The summed E-state index contributed by atoms with van der Waals surface area (Å²) >= 11 is 0. The fourth-order valence-electron chi connectivity index (χ4n) is 2.09. The lowest BCUT2D eigenvalue weighted by Gasteiger charge is -2.12. The van der Waals surface area contributed by atoms with Gasteiger partial charge in [0.25, 0.3) is 0 Å². The van der Waals surface area contributed by atoms with Gasteiger partial charge in [0, 0.05) is 33.4 Å². The standard InChI is InChI=1S/C17H29N3O2.HI/c1-5-18-17(19-10-6-12-21-3)20-11-9-15-8-7-14(2)16(13-15)22-4;/h7-8,13H,5-6,9-12H2,1-4H3,(H2,18,19,20);1H. The molecule has 0 fully saturated rings. The molecule has 0 saturated carbocycles. The fourth-order valence-corrected chi connectivity index (χ4v) is 2.09. The molecule has 5 nitrogen and oxygen atoms in total. The van der Waals surface area contributed by atoms with E-state index in [1.54, 1.807) is 14.2 Å². The van der Waals surface area contributed by atoms with Crippen molar-refractivity contribution >= 4 is 29.9 Å². The van der Waals surface area contributed by atoms with Crippen molar-refractivity contribution in [1.82, 2.24) is 10.6 Å². The van der Waals surface area contributed by atoms with Crippen molar-refractivity contribution in [2.24, 2.45) is 4.99 Å². The number of methoxy groups -OCH3 is 2. The van der Waals surface area contributed by atoms with Gasteiger partial charge >= 0.3 is 0 Å². The first-order chi connectivity index (χ1) is 10.7. The minimum Gasteiger partial charge on any atom is -0.496 e. The molecule has 0 saturated heterocycles. The van der Waals surface area contributed by atoms with E-state index < -0.39 is 0 Å². The SMILES string of the molecule is CCNC(=NCCCOC)NCCc1ccc(C)c(OC)c1.I. The van der Waals surface area contributed by atoms with Gasteiger partial charge in [-0.2, -0.15) is 0 Å². The molecule has 0 spiro atoms. The van der Waals surface area contributed by atoms with Gasteiger partial charge in [-0.15, -0.1) is 24.0 Å². The summed E-state index contributed by atoms with van der Waals surface area (Å²) in [6.07, 6.45) is 1.86. The fraction of sp³-hybridized carbons (Fsp3) is 0.588. The molecule has 6 heteroatoms. The van der Waals surface area contributed by atoms with Crippen molar-refractivity contribution < 1.29 is 9.47 Å². The van der Waals surface area contributed by atoms with Gasteiger partial charge in [-0.05, 0) is 43.9 Å². The van der Waals surface area contributed by atoms with Gasteiger partial charge in [-0.1, -0.05) is 12.1 Å². The number of hydrogen-bond acceptors (Lipinski definition) is 3. The molecule has 0 aliphatic carbocycles. The van der Waals surface area contributed by atoms with Crippen LogP contribution in [0.15, 0.2) is 23.2 Å². The molecule has 0 atom stereocenters. The molecular weight excluding hydrogens is 405 g/mol. The van der Waals surface area contributed by atoms with E-state index in [0.717, 1.165) is 56.4 Å². The average Bonchev–Trinajstić information content (AvgIpc) is 2.53. The maximum absolute atomic E-state index is 5.36. The van der Waals surface area contributed by atoms with E-state index in [1.807, 2.05) is 0 Å². The zero-order valence-corrected chi connectivity index (χ0v) is 17.0. The molecule has 0 aliphatic rings. The maximum Gasteiger partial charge on any atom is 0.191 e. The first kappa shape index (κ1) is 22.0. The number of nitrogens with one attached hydrogen (secondary N) is 2. The molecule has 0 bridgehead atoms. The molecule has 0 aliphatic heterocycles. The van der Waals surface area contributed by atoms with Crippen LogP contribution in [0.1, 0.15) is 24.5 Å². The van der Waals surface area contributed by atoms with Crippen molar-refractivity contribution in [1.29, 1.82) is 0 Å². The third-order valence-corrected chi connectivity index (χ3v) is 3.30. The Labute approximate surface area is 157 Å². The van der Waals surface area contributed by atoms with Crippen LogP contribution in [0.5, 0.6) is 5.75 Å². The van der Waals surface area contributed by atoms with Gasteiger partial charge in [-0.3, -0.25) is 4.99 Å². The number of benzene rings is 1. The number of halogens is 1. The van der Waals surface area contributed by atoms with Gasteiger partial charge < -0.3 is 20.1 Å². The first-order valence-electron chi connectivity index (χ1n) is 7.85. The monoisotopic (exact) mass is 435 g/mol. The van der Waals surface area contributed by atoms with Gasteiger partial charge in [0.15, 0.2) is 5.96 Å². The molecular formula is C17H30IN3O2. The van der Waals surface area contributed by atoms with E-state index in [0.29, 0.717) is 0 Å². The van der Waals surface area contributed by atoms with E-state index in [-0.39, 0.29) is 24.0 Å². The van der Waals surface area contributed by atoms with Crippen molar-refractivity contribution in [3.8, 4) is 5.75 Å². The molecule has 1 aromatic carbocycles. The summed E-state index contributed by atoms with van der Waals surface area (Å²) in [5, 5.41) is 6.61. The van der Waals surface area contributed by atoms with Crippen molar-refractivity contribution in [3.05, 3.63) is 29.3 Å². The number of ether oxygens (including phenoxy) is 2. The Balaban J connectivity index is 0.00000484. The number of hydrogen-bond donors (Lipinski definition) is 2. The van der Waals surface area contributed by atoms with E-state index in [1.165, 1.54) is 5.56 Å². The van der Waals surface area contributed by atoms with Crippen LogP contribution in [0.25, 0.3) is 0 Å². The molecule has 132 valence electrons. The lowest BCUT2D eigenvalue weighted by Crippen LogP contribution is -2.38. The van der Waals surface area contributed by atoms with E-state index >= 15 is 0 Å². The summed E-state index contributed by atoms with van der Waals surface area (Å²) in [5.41, 5.74) is 2.41. The van der Waals surface area contributed by atoms with Crippen LogP contribution < -0.4 is 15.4 Å². The zero-order valence-electron chi connectivity index (χ0n) is 14.6. The number of guanidine groups is 1. The topological polar surface area (TPSA) is 54.9 Å². The van der Waals surface area contributed by atoms with Gasteiger partial charge in [0.2, 0.25) is 0 Å². The Morgan fingerprint density at radius 2 is 2.00 bits per heavy atom. The maximum atomic E-state index is 5.36. The van der Waals surface area contributed by atoms with Crippen LogP contribution in [0.4, 0.5) is 0 Å². The summed E-state index contributed by atoms with van der Waals surface area (Å²) in [6, 6.07) is 6.33. The molecule has 23 heavy (non-hydrogen) atoms. The van der Waals surface area contributed by atoms with Crippen molar-refractivity contribution in [2.75, 3.05) is 40.5 Å². The van der Waals surface area contributed by atoms with Crippen LogP contribution in [0.3, 0.4) is 0 Å². The highest BCUT2D eigenvalue weighted by Gasteiger charge is 2.01. The molecule has 1 aromatic rings. The Morgan fingerprint density at radius 1 is 1.22 bits per heavy atom. The number of aliphatic imine (C=N–C) groups is 1. The van der Waals surface area contributed by atoms with Crippen LogP contribution in [-0.4, -0.2) is 46.4 Å². The summed E-state index contributed by atoms with van der Waals surface area (Å²) < 4.78 is 10.4. The van der Waals surface area contributed by atoms with Gasteiger partial charge in [0.1, 0.15) is 5.75 Å². The molecule has 0 heterocycles. The minimum absolute atomic E-state index is 0. The molecule has 0 radical (unpaired) electrons. The number of aryl methyl sites for hydroxylation is 1. The summed E-state index contributed by atoms with van der Waals surface area (Å²) in [6.45, 7) is 7.32. The Bertz CT molecular complexity index is 467. The molecule has 0 unspecified atom stereocenters. The molecule has 0 amide bonds. The summed E-state index contributed by atoms with van der Waals surface area (Å²) in [4.78, 5) is 4.52. The summed E-state index contributed by atoms with van der Waals surface area (Å²) in [7, 11) is 3.42. The van der Waals surface area contributed by atoms with Gasteiger partial charge in [-0.25, -0.2) is 0 Å². The number of rotatable bonds is 9. The molecule has 2 N–H and O–H groups in total.